The molecule has 1 aliphatic rings. The molecule has 0 saturated carbocycles. The van der Waals surface area contributed by atoms with Crippen LogP contribution in [0.3, 0.4) is 0 Å². The molecule has 1 amide bonds. The Kier molecular flexibility index (Phi) is 7.13. The molecule has 0 unspecified atom stereocenters. The van der Waals surface area contributed by atoms with Crippen LogP contribution >= 0.6 is 0 Å². The number of rotatable bonds is 7. The van der Waals surface area contributed by atoms with Crippen LogP contribution in [0.2, 0.25) is 0 Å². The quantitative estimate of drug-likeness (QED) is 0.580. The van der Waals surface area contributed by atoms with Gasteiger partial charge in [-0.1, -0.05) is 13.0 Å². The van der Waals surface area contributed by atoms with E-state index >= 15 is 0 Å². The van der Waals surface area contributed by atoms with Crippen molar-refractivity contribution < 1.29 is 41.3 Å². The first-order valence-electron chi connectivity index (χ1n) is 10.1. The molecule has 3 rings (SSSR count). The zero-order valence-electron chi connectivity index (χ0n) is 18.1. The topological polar surface area (TPSA) is 109 Å². The van der Waals surface area contributed by atoms with Gasteiger partial charge in [-0.3, -0.25) is 9.48 Å². The first-order chi connectivity index (χ1) is 15.9. The van der Waals surface area contributed by atoms with Crippen molar-refractivity contribution in [2.45, 2.75) is 44.2 Å². The molecule has 13 heteroatoms. The first kappa shape index (κ1) is 25.4. The Morgan fingerprint density at radius 3 is 2.74 bits per heavy atom. The molecule has 2 aromatic rings. The minimum atomic E-state index is -4.90. The van der Waals surface area contributed by atoms with Gasteiger partial charge in [0.25, 0.3) is 5.91 Å². The summed E-state index contributed by atoms with van der Waals surface area (Å²) in [5.41, 5.74) is -2.92. The van der Waals surface area contributed by atoms with Crippen molar-refractivity contribution in [1.82, 2.24) is 9.78 Å². The number of nitrogens with one attached hydrogen (secondary N) is 1. The lowest BCUT2D eigenvalue weighted by molar-refractivity contribution is -0.272. The highest BCUT2D eigenvalue weighted by molar-refractivity contribution is 5.95. The van der Waals surface area contributed by atoms with Gasteiger partial charge in [-0.15, -0.1) is 0 Å². The minimum absolute atomic E-state index is 0.0953. The molecule has 1 aromatic carbocycles. The third kappa shape index (κ3) is 4.55. The number of nitriles is 1. The highest BCUT2D eigenvalue weighted by atomic mass is 19.4. The molecule has 8 nitrogen and oxygen atoms in total. The summed E-state index contributed by atoms with van der Waals surface area (Å²) < 4.78 is 82.0. The normalized spacial score (nSPS) is 24.6. The monoisotopic (exact) mass is 488 g/mol. The number of nitrogens with zero attached hydrogens (tertiary/aromatic N) is 3. The van der Waals surface area contributed by atoms with E-state index in [4.69, 9.17) is 19.8 Å². The van der Waals surface area contributed by atoms with Gasteiger partial charge >= 0.3 is 6.18 Å². The number of alkyl halides is 3. The second kappa shape index (κ2) is 9.55. The molecule has 184 valence electrons. The Balaban J connectivity index is 2.05. The van der Waals surface area contributed by atoms with Gasteiger partial charge in [0.1, 0.15) is 19.3 Å². The molecule has 1 saturated heterocycles. The number of ether oxygens (including phenoxy) is 2. The predicted octanol–water partition coefficient (Wildman–Crippen LogP) is 3.13. The number of aliphatic hydroxyl groups is 1. The second-order valence-corrected chi connectivity index (χ2v) is 7.88. The van der Waals surface area contributed by atoms with Crippen molar-refractivity contribution >= 4 is 11.6 Å². The fourth-order valence-corrected chi connectivity index (χ4v) is 3.93. The number of aliphatic hydroxyl groups excluding tert-OH is 1. The van der Waals surface area contributed by atoms with E-state index in [9.17, 15) is 26.7 Å². The van der Waals surface area contributed by atoms with Crippen molar-refractivity contribution in [3.8, 4) is 11.8 Å². The molecular weight excluding hydrogens is 467 g/mol. The summed E-state index contributed by atoms with van der Waals surface area (Å²) >= 11 is 0. The number of anilines is 1. The molecule has 0 radical (unpaired) electrons. The van der Waals surface area contributed by atoms with Crippen LogP contribution in [-0.4, -0.2) is 51.9 Å². The Bertz CT molecular complexity index is 1100. The summed E-state index contributed by atoms with van der Waals surface area (Å²) in [6.07, 6.45) is -4.19. The van der Waals surface area contributed by atoms with Gasteiger partial charge in [-0.05, 0) is 13.0 Å². The fraction of sp³-hybridized carbons (Fsp3) is 0.476. The highest BCUT2D eigenvalue weighted by Gasteiger charge is 2.65. The summed E-state index contributed by atoms with van der Waals surface area (Å²) in [5.74, 6) is -7.29. The molecule has 1 aliphatic heterocycles. The maximum Gasteiger partial charge on any atom is 0.417 e. The first-order valence-corrected chi connectivity index (χ1v) is 10.1. The number of hydrogen-bond acceptors (Lipinski definition) is 6. The average molecular weight is 488 g/mol. The van der Waals surface area contributed by atoms with Crippen LogP contribution in [0.1, 0.15) is 25.3 Å². The molecular formula is C21H21F5N4O4. The van der Waals surface area contributed by atoms with Gasteiger partial charge < -0.3 is 19.9 Å². The number of aromatic nitrogens is 2. The number of carbonyl (C=O) groups is 1. The van der Waals surface area contributed by atoms with Crippen LogP contribution in [0.15, 0.2) is 24.5 Å². The Labute approximate surface area is 190 Å². The predicted molar refractivity (Wildman–Crippen MR) is 107 cm³/mol. The van der Waals surface area contributed by atoms with E-state index in [1.54, 1.807) is 0 Å². The van der Waals surface area contributed by atoms with E-state index in [1.165, 1.54) is 24.0 Å². The zero-order chi connectivity index (χ0) is 25.3. The van der Waals surface area contributed by atoms with Crippen LogP contribution in [0.25, 0.3) is 0 Å². The lowest BCUT2D eigenvalue weighted by Crippen LogP contribution is -2.47. The number of benzene rings is 1. The Morgan fingerprint density at radius 1 is 1.41 bits per heavy atom. The van der Waals surface area contributed by atoms with E-state index < -0.39 is 66.2 Å². The van der Waals surface area contributed by atoms with Crippen LogP contribution in [-0.2, 0) is 16.1 Å². The van der Waals surface area contributed by atoms with Gasteiger partial charge in [-0.2, -0.15) is 27.9 Å². The molecule has 2 N–H and O–H groups in total. The summed E-state index contributed by atoms with van der Waals surface area (Å²) in [5, 5.41) is 24.0. The summed E-state index contributed by atoms with van der Waals surface area (Å²) in [6.45, 7) is 0.816. The fourth-order valence-electron chi connectivity index (χ4n) is 3.93. The molecule has 1 aromatic heterocycles. The van der Waals surface area contributed by atoms with Gasteiger partial charge in [0.15, 0.2) is 17.2 Å². The second-order valence-electron chi connectivity index (χ2n) is 7.88. The Morgan fingerprint density at radius 2 is 2.12 bits per heavy atom. The number of carbonyl (C=O) groups excluding carboxylic acids is 1. The lowest BCUT2D eigenvalue weighted by atomic mass is 9.77. The largest absolute Gasteiger partial charge is 0.488 e. The van der Waals surface area contributed by atoms with E-state index in [-0.39, 0.29) is 17.8 Å². The van der Waals surface area contributed by atoms with Crippen molar-refractivity contribution in [2.75, 3.05) is 18.5 Å². The van der Waals surface area contributed by atoms with Crippen LogP contribution in [0.5, 0.6) is 5.75 Å². The lowest BCUT2D eigenvalue weighted by Gasteiger charge is -2.32. The van der Waals surface area contributed by atoms with E-state index in [1.807, 2.05) is 6.07 Å². The van der Waals surface area contributed by atoms with Crippen molar-refractivity contribution in [3.05, 3.63) is 41.7 Å². The van der Waals surface area contributed by atoms with E-state index in [2.05, 4.69) is 10.4 Å². The van der Waals surface area contributed by atoms with Crippen molar-refractivity contribution in [3.63, 3.8) is 0 Å². The van der Waals surface area contributed by atoms with Crippen LogP contribution in [0.4, 0.5) is 27.6 Å². The highest BCUT2D eigenvalue weighted by Crippen LogP contribution is 2.55. The number of amides is 1. The van der Waals surface area contributed by atoms with Gasteiger partial charge in [0.2, 0.25) is 5.82 Å². The molecule has 0 aliphatic carbocycles. The molecule has 1 fully saturated rings. The molecule has 2 heterocycles. The summed E-state index contributed by atoms with van der Waals surface area (Å²) in [4.78, 5) is 13.0. The van der Waals surface area contributed by atoms with Crippen molar-refractivity contribution in [1.29, 1.82) is 5.26 Å². The van der Waals surface area contributed by atoms with Gasteiger partial charge in [0.05, 0.1) is 24.6 Å². The molecule has 34 heavy (non-hydrogen) atoms. The minimum Gasteiger partial charge on any atom is -0.488 e. The summed E-state index contributed by atoms with van der Waals surface area (Å²) in [7, 11) is 0. The molecule has 4 atom stereocenters. The van der Waals surface area contributed by atoms with Gasteiger partial charge in [0, 0.05) is 23.6 Å². The number of halogens is 5. The maximum absolute atomic E-state index is 14.6. The van der Waals surface area contributed by atoms with Crippen LogP contribution < -0.4 is 10.1 Å². The molecule has 0 spiro atoms. The smallest absolute Gasteiger partial charge is 0.417 e. The SMILES string of the molecule is C[C@H]1[C@@H](c2ccc(F)c(F)c2OCCO)[C@H](C(=O)Nc2cnn(CC#N)c2)O[C@@]1(C)C(F)(F)F. The third-order valence-electron chi connectivity index (χ3n) is 5.84. The maximum atomic E-state index is 14.6. The van der Waals surface area contributed by atoms with E-state index in [0.717, 1.165) is 13.0 Å². The average Bonchev–Trinajstić information content (AvgIpc) is 3.32. The Hall–Kier alpha value is -3.24. The summed E-state index contributed by atoms with van der Waals surface area (Å²) in [6, 6.07) is 3.59. The van der Waals surface area contributed by atoms with Gasteiger partial charge in [-0.25, -0.2) is 4.39 Å². The van der Waals surface area contributed by atoms with Crippen LogP contribution in [0, 0.1) is 28.9 Å². The van der Waals surface area contributed by atoms with Crippen molar-refractivity contribution in [2.24, 2.45) is 5.92 Å². The van der Waals surface area contributed by atoms with E-state index in [0.29, 0.717) is 6.07 Å². The standard InChI is InChI=1S/C21H21F5N4O4/c1-11-15(13-3-4-14(22)16(23)17(13)33-8-7-31)18(34-20(11,2)21(24,25)26)19(32)29-12-9-28-30(10-12)6-5-27/h3-4,9-11,15,18,31H,6-8H2,1-2H3,(H,29,32)/t11-,15-,18+,20+/m0/s1. The number of hydrogen-bond donors (Lipinski definition) is 2. The molecule has 0 bridgehead atoms. The zero-order valence-corrected chi connectivity index (χ0v) is 18.1. The third-order valence-corrected chi connectivity index (χ3v) is 5.84.